The maximum absolute atomic E-state index is 8.57. The summed E-state index contributed by atoms with van der Waals surface area (Å²) < 4.78 is 4.90. The standard InChI is InChI=1S/C5H12BNO2/c1-7-2-5(3-8)9-4-6/h5,7-8H,2-4H2,1H3. The van der Waals surface area contributed by atoms with Crippen LogP contribution in [0, 0.1) is 0 Å². The van der Waals surface area contributed by atoms with Crippen LogP contribution < -0.4 is 5.32 Å². The lowest BCUT2D eigenvalue weighted by Gasteiger charge is -2.12. The molecule has 0 rings (SSSR count). The van der Waals surface area contributed by atoms with Crippen molar-refractivity contribution in [3.63, 3.8) is 0 Å². The van der Waals surface area contributed by atoms with Crippen LogP contribution in [-0.4, -0.2) is 45.8 Å². The van der Waals surface area contributed by atoms with Gasteiger partial charge in [0, 0.05) is 13.1 Å². The zero-order valence-corrected chi connectivity index (χ0v) is 5.63. The molecular formula is C5H12BNO2. The van der Waals surface area contributed by atoms with Crippen molar-refractivity contribution in [2.24, 2.45) is 0 Å². The first kappa shape index (κ1) is 8.94. The molecule has 3 nitrogen and oxygen atoms in total. The zero-order chi connectivity index (χ0) is 7.11. The zero-order valence-electron chi connectivity index (χ0n) is 5.63. The molecule has 0 amide bonds. The molecule has 0 aliphatic heterocycles. The van der Waals surface area contributed by atoms with Crippen molar-refractivity contribution in [3.05, 3.63) is 0 Å². The number of ether oxygens (including phenoxy) is 1. The lowest BCUT2D eigenvalue weighted by molar-refractivity contribution is 0.0394. The molecule has 9 heavy (non-hydrogen) atoms. The third kappa shape index (κ3) is 4.45. The lowest BCUT2D eigenvalue weighted by atomic mass is 10.2. The third-order valence-electron chi connectivity index (χ3n) is 0.967. The maximum atomic E-state index is 8.57. The van der Waals surface area contributed by atoms with Crippen molar-refractivity contribution < 1.29 is 9.84 Å². The van der Waals surface area contributed by atoms with Crippen molar-refractivity contribution >= 4 is 7.85 Å². The number of rotatable bonds is 5. The molecule has 0 spiro atoms. The van der Waals surface area contributed by atoms with Gasteiger partial charge in [0.15, 0.2) is 0 Å². The minimum Gasteiger partial charge on any atom is -0.394 e. The molecule has 0 aromatic rings. The van der Waals surface area contributed by atoms with Crippen LogP contribution in [0.15, 0.2) is 0 Å². The highest BCUT2D eigenvalue weighted by molar-refractivity contribution is 6.08. The second-order valence-electron chi connectivity index (χ2n) is 1.70. The Bertz CT molecular complexity index is 56.9. The molecule has 0 fully saturated rings. The quantitative estimate of drug-likeness (QED) is 0.454. The molecule has 0 heterocycles. The van der Waals surface area contributed by atoms with Crippen LogP contribution in [-0.2, 0) is 4.74 Å². The highest BCUT2D eigenvalue weighted by atomic mass is 16.5. The summed E-state index contributed by atoms with van der Waals surface area (Å²) in [6, 6.07) is 0. The van der Waals surface area contributed by atoms with E-state index in [4.69, 9.17) is 17.7 Å². The Hall–Kier alpha value is -0.0551. The normalized spacial score (nSPS) is 13.6. The van der Waals surface area contributed by atoms with Crippen molar-refractivity contribution in [1.29, 1.82) is 0 Å². The first-order valence-corrected chi connectivity index (χ1v) is 2.92. The Morgan fingerprint density at radius 2 is 2.44 bits per heavy atom. The maximum Gasteiger partial charge on any atom is 0.104 e. The van der Waals surface area contributed by atoms with Gasteiger partial charge in [-0.25, -0.2) is 0 Å². The van der Waals surface area contributed by atoms with Gasteiger partial charge in [0.05, 0.1) is 12.7 Å². The molecule has 2 N–H and O–H groups in total. The van der Waals surface area contributed by atoms with E-state index in [1.54, 1.807) is 7.05 Å². The summed E-state index contributed by atoms with van der Waals surface area (Å²) in [4.78, 5) is 0. The number of aliphatic hydroxyl groups excluding tert-OH is 1. The SMILES string of the molecule is [B]COC(CO)CNC. The first-order chi connectivity index (χ1) is 4.35. The summed E-state index contributed by atoms with van der Waals surface area (Å²) in [7, 11) is 6.87. The van der Waals surface area contributed by atoms with Gasteiger partial charge in [0.1, 0.15) is 7.85 Å². The smallest absolute Gasteiger partial charge is 0.104 e. The van der Waals surface area contributed by atoms with Gasteiger partial charge in [-0.15, -0.1) is 0 Å². The summed E-state index contributed by atoms with van der Waals surface area (Å²) in [5.41, 5.74) is 0. The van der Waals surface area contributed by atoms with Crippen LogP contribution in [0.4, 0.5) is 0 Å². The van der Waals surface area contributed by atoms with Crippen LogP contribution in [0.5, 0.6) is 0 Å². The number of hydrogen-bond acceptors (Lipinski definition) is 3. The van der Waals surface area contributed by atoms with E-state index in [0.717, 1.165) is 0 Å². The van der Waals surface area contributed by atoms with E-state index >= 15 is 0 Å². The van der Waals surface area contributed by atoms with Gasteiger partial charge < -0.3 is 15.2 Å². The number of nitrogens with one attached hydrogen (secondary N) is 1. The molecular weight excluding hydrogens is 117 g/mol. The summed E-state index contributed by atoms with van der Waals surface area (Å²) in [6.45, 7) is 0.804. The molecule has 52 valence electrons. The van der Waals surface area contributed by atoms with E-state index in [1.807, 2.05) is 0 Å². The molecule has 1 atom stereocenters. The Labute approximate surface area is 56.8 Å². The summed E-state index contributed by atoms with van der Waals surface area (Å²) in [5, 5.41) is 11.4. The summed E-state index contributed by atoms with van der Waals surface area (Å²) >= 11 is 0. The van der Waals surface area contributed by atoms with Crippen molar-refractivity contribution in [1.82, 2.24) is 5.32 Å². The highest BCUT2D eigenvalue weighted by Crippen LogP contribution is 1.85. The number of aliphatic hydroxyl groups is 1. The topological polar surface area (TPSA) is 41.5 Å². The first-order valence-electron chi connectivity index (χ1n) is 2.92. The Morgan fingerprint density at radius 1 is 1.78 bits per heavy atom. The average molecular weight is 129 g/mol. The molecule has 0 aromatic carbocycles. The fourth-order valence-electron chi connectivity index (χ4n) is 0.540. The molecule has 0 saturated heterocycles. The molecule has 0 aliphatic carbocycles. The van der Waals surface area contributed by atoms with Crippen molar-refractivity contribution in [3.8, 4) is 0 Å². The van der Waals surface area contributed by atoms with Crippen LogP contribution in [0.25, 0.3) is 0 Å². The van der Waals surface area contributed by atoms with Gasteiger partial charge in [-0.05, 0) is 7.05 Å². The van der Waals surface area contributed by atoms with Gasteiger partial charge in [-0.2, -0.15) is 0 Å². The fraction of sp³-hybridized carbons (Fsp3) is 1.00. The Kier molecular flexibility index (Phi) is 6.03. The van der Waals surface area contributed by atoms with E-state index in [0.29, 0.717) is 6.54 Å². The second-order valence-corrected chi connectivity index (χ2v) is 1.70. The monoisotopic (exact) mass is 129 g/mol. The fourth-order valence-corrected chi connectivity index (χ4v) is 0.540. The van der Waals surface area contributed by atoms with Crippen molar-refractivity contribution in [2.75, 3.05) is 26.7 Å². The highest BCUT2D eigenvalue weighted by Gasteiger charge is 2.02. The largest absolute Gasteiger partial charge is 0.394 e. The van der Waals surface area contributed by atoms with Gasteiger partial charge in [0.25, 0.3) is 0 Å². The number of hydrogen-bond donors (Lipinski definition) is 2. The van der Waals surface area contributed by atoms with Crippen LogP contribution >= 0.6 is 0 Å². The third-order valence-corrected chi connectivity index (χ3v) is 0.967. The van der Waals surface area contributed by atoms with E-state index in [1.165, 1.54) is 0 Å². The predicted molar refractivity (Wildman–Crippen MR) is 36.5 cm³/mol. The average Bonchev–Trinajstić information content (AvgIpc) is 1.88. The molecule has 0 aromatic heterocycles. The minimum atomic E-state index is -0.167. The Balaban J connectivity index is 3.18. The Morgan fingerprint density at radius 3 is 2.78 bits per heavy atom. The summed E-state index contributed by atoms with van der Waals surface area (Å²) in [6.07, 6.45) is -0.167. The van der Waals surface area contributed by atoms with Crippen molar-refractivity contribution in [2.45, 2.75) is 6.10 Å². The van der Waals surface area contributed by atoms with Crippen LogP contribution in [0.2, 0.25) is 0 Å². The van der Waals surface area contributed by atoms with Crippen LogP contribution in [0.3, 0.4) is 0 Å². The van der Waals surface area contributed by atoms with E-state index in [-0.39, 0.29) is 19.2 Å². The minimum absolute atomic E-state index is 0.0119. The van der Waals surface area contributed by atoms with E-state index in [2.05, 4.69) is 5.32 Å². The van der Waals surface area contributed by atoms with Gasteiger partial charge >= 0.3 is 0 Å². The van der Waals surface area contributed by atoms with Gasteiger partial charge in [-0.3, -0.25) is 0 Å². The molecule has 0 saturated carbocycles. The molecule has 4 heteroatoms. The summed E-state index contributed by atoms with van der Waals surface area (Å²) in [5.74, 6) is 0. The molecule has 1 unspecified atom stereocenters. The molecule has 0 bridgehead atoms. The van der Waals surface area contributed by atoms with Gasteiger partial charge in [-0.1, -0.05) is 0 Å². The van der Waals surface area contributed by atoms with Crippen LogP contribution in [0.1, 0.15) is 0 Å². The number of likely N-dealkylation sites (N-methyl/N-ethyl adjacent to an activating group) is 1. The van der Waals surface area contributed by atoms with E-state index in [9.17, 15) is 0 Å². The second kappa shape index (κ2) is 6.07. The lowest BCUT2D eigenvalue weighted by Crippen LogP contribution is -2.30. The van der Waals surface area contributed by atoms with Gasteiger partial charge in [0.2, 0.25) is 0 Å². The van der Waals surface area contributed by atoms with E-state index < -0.39 is 0 Å². The molecule has 0 aliphatic rings. The predicted octanol–water partition coefficient (Wildman–Crippen LogP) is -1.29. The molecule has 2 radical (unpaired) electrons.